The molecule has 1 aromatic carbocycles. The highest BCUT2D eigenvalue weighted by Gasteiger charge is 2.13. The van der Waals surface area contributed by atoms with Crippen molar-refractivity contribution in [2.45, 2.75) is 0 Å². The predicted molar refractivity (Wildman–Crippen MR) is 70.3 cm³/mol. The topological polar surface area (TPSA) is 82.2 Å². The Morgan fingerprint density at radius 2 is 1.84 bits per heavy atom. The van der Waals surface area contributed by atoms with Crippen molar-refractivity contribution in [3.05, 3.63) is 65.6 Å². The van der Waals surface area contributed by atoms with Crippen LogP contribution in [0.4, 0.5) is 0 Å². The normalized spacial score (nSPS) is 11.1. The second kappa shape index (κ2) is 5.68. The summed E-state index contributed by atoms with van der Waals surface area (Å²) < 4.78 is 0. The second-order valence-electron chi connectivity index (χ2n) is 3.81. The number of hydrogen-bond acceptors (Lipinski definition) is 2. The molecule has 1 amide bonds. The minimum atomic E-state index is -1.20. The minimum Gasteiger partial charge on any atom is -0.477 e. The third-order valence-electron chi connectivity index (χ3n) is 2.44. The van der Waals surface area contributed by atoms with E-state index in [9.17, 15) is 9.59 Å². The lowest BCUT2D eigenvalue weighted by molar-refractivity contribution is -0.132. The Hall–Kier alpha value is -2.82. The molecule has 0 aliphatic carbocycles. The Bertz CT molecular complexity index is 601. The van der Waals surface area contributed by atoms with E-state index < -0.39 is 11.9 Å². The van der Waals surface area contributed by atoms with E-state index in [1.54, 1.807) is 48.7 Å². The van der Waals surface area contributed by atoms with Gasteiger partial charge in [-0.3, -0.25) is 4.79 Å². The van der Waals surface area contributed by atoms with E-state index in [4.69, 9.17) is 5.11 Å². The molecule has 0 unspecified atom stereocenters. The number of aromatic amines is 1. The van der Waals surface area contributed by atoms with Gasteiger partial charge in [-0.15, -0.1) is 0 Å². The molecule has 96 valence electrons. The van der Waals surface area contributed by atoms with Crippen molar-refractivity contribution in [2.75, 3.05) is 0 Å². The average molecular weight is 256 g/mol. The molecule has 1 heterocycles. The smallest absolute Gasteiger partial charge is 0.352 e. The quantitative estimate of drug-likeness (QED) is 0.730. The summed E-state index contributed by atoms with van der Waals surface area (Å²) in [6.45, 7) is 0. The first kappa shape index (κ1) is 12.6. The zero-order chi connectivity index (χ0) is 13.7. The van der Waals surface area contributed by atoms with Gasteiger partial charge in [0.05, 0.1) is 0 Å². The summed E-state index contributed by atoms with van der Waals surface area (Å²) in [6, 6.07) is 11.9. The van der Waals surface area contributed by atoms with Gasteiger partial charge in [0.1, 0.15) is 5.70 Å². The lowest BCUT2D eigenvalue weighted by atomic mass is 10.2. The van der Waals surface area contributed by atoms with Gasteiger partial charge in [0, 0.05) is 17.5 Å². The number of benzene rings is 1. The van der Waals surface area contributed by atoms with Crippen LogP contribution in [0.5, 0.6) is 0 Å². The lowest BCUT2D eigenvalue weighted by Gasteiger charge is -2.05. The molecule has 1 aromatic heterocycles. The molecular weight excluding hydrogens is 244 g/mol. The monoisotopic (exact) mass is 256 g/mol. The number of H-pyrrole nitrogens is 1. The van der Waals surface area contributed by atoms with E-state index in [0.29, 0.717) is 11.3 Å². The van der Waals surface area contributed by atoms with Gasteiger partial charge in [-0.25, -0.2) is 4.79 Å². The van der Waals surface area contributed by atoms with Gasteiger partial charge in [-0.2, -0.15) is 0 Å². The van der Waals surface area contributed by atoms with E-state index >= 15 is 0 Å². The fourth-order valence-corrected chi connectivity index (χ4v) is 1.52. The Kier molecular flexibility index (Phi) is 3.78. The largest absolute Gasteiger partial charge is 0.477 e. The molecule has 2 rings (SSSR count). The van der Waals surface area contributed by atoms with Gasteiger partial charge in [0.15, 0.2) is 0 Å². The molecule has 5 heteroatoms. The second-order valence-corrected chi connectivity index (χ2v) is 3.81. The number of carbonyl (C=O) groups is 2. The summed E-state index contributed by atoms with van der Waals surface area (Å²) in [6.07, 6.45) is 3.04. The molecule has 0 fully saturated rings. The number of aliphatic carboxylic acids is 1. The fourth-order valence-electron chi connectivity index (χ4n) is 1.52. The van der Waals surface area contributed by atoms with Crippen molar-refractivity contribution in [3.63, 3.8) is 0 Å². The van der Waals surface area contributed by atoms with E-state index in [-0.39, 0.29) is 5.70 Å². The van der Waals surface area contributed by atoms with Crippen molar-refractivity contribution in [3.8, 4) is 0 Å². The summed E-state index contributed by atoms with van der Waals surface area (Å²) in [4.78, 5) is 25.8. The van der Waals surface area contributed by atoms with Crippen LogP contribution in [0.1, 0.15) is 16.1 Å². The maximum atomic E-state index is 11.9. The summed E-state index contributed by atoms with van der Waals surface area (Å²) in [5.74, 6) is -1.65. The molecule has 0 atom stereocenters. The van der Waals surface area contributed by atoms with Gasteiger partial charge >= 0.3 is 5.97 Å². The first-order valence-electron chi connectivity index (χ1n) is 5.61. The van der Waals surface area contributed by atoms with Crippen LogP contribution in [0.2, 0.25) is 0 Å². The number of amides is 1. The maximum absolute atomic E-state index is 11.9. The maximum Gasteiger partial charge on any atom is 0.352 e. The van der Waals surface area contributed by atoms with E-state index in [1.807, 2.05) is 0 Å². The summed E-state index contributed by atoms with van der Waals surface area (Å²) >= 11 is 0. The minimum absolute atomic E-state index is 0.184. The Labute approximate surface area is 109 Å². The number of hydrogen-bond donors (Lipinski definition) is 3. The van der Waals surface area contributed by atoms with Crippen LogP contribution in [0, 0.1) is 0 Å². The first-order chi connectivity index (χ1) is 9.16. The van der Waals surface area contributed by atoms with Crippen LogP contribution in [0.25, 0.3) is 6.08 Å². The summed E-state index contributed by atoms with van der Waals surface area (Å²) in [5, 5.41) is 11.4. The zero-order valence-corrected chi connectivity index (χ0v) is 9.96. The Balaban J connectivity index is 2.19. The third-order valence-corrected chi connectivity index (χ3v) is 2.44. The molecule has 19 heavy (non-hydrogen) atoms. The molecule has 0 bridgehead atoms. The number of carboxylic acids is 1. The SMILES string of the molecule is O=C(O)C(=Cc1ccc[nH]1)NC(=O)c1ccccc1. The van der Waals surface area contributed by atoms with Gasteiger partial charge < -0.3 is 15.4 Å². The number of carboxylic acid groups (broad SMARTS) is 1. The highest BCUT2D eigenvalue weighted by Crippen LogP contribution is 2.05. The van der Waals surface area contributed by atoms with E-state index in [1.165, 1.54) is 6.08 Å². The van der Waals surface area contributed by atoms with Crippen molar-refractivity contribution in [2.24, 2.45) is 0 Å². The third kappa shape index (κ3) is 3.32. The van der Waals surface area contributed by atoms with Crippen molar-refractivity contribution in [1.82, 2.24) is 10.3 Å². The van der Waals surface area contributed by atoms with Crippen LogP contribution in [0.3, 0.4) is 0 Å². The molecule has 2 aromatic rings. The van der Waals surface area contributed by atoms with Crippen LogP contribution in [0.15, 0.2) is 54.4 Å². The zero-order valence-electron chi connectivity index (χ0n) is 9.96. The summed E-state index contributed by atoms with van der Waals surface area (Å²) in [5.41, 5.74) is 0.822. The molecule has 0 spiro atoms. The van der Waals surface area contributed by atoms with Gasteiger partial charge in [0.25, 0.3) is 5.91 Å². The highest BCUT2D eigenvalue weighted by atomic mass is 16.4. The lowest BCUT2D eigenvalue weighted by Crippen LogP contribution is -2.27. The van der Waals surface area contributed by atoms with Gasteiger partial charge in [-0.1, -0.05) is 18.2 Å². The molecule has 0 saturated carbocycles. The predicted octanol–water partition coefficient (Wildman–Crippen LogP) is 1.87. The van der Waals surface area contributed by atoms with Gasteiger partial charge in [-0.05, 0) is 30.3 Å². The van der Waals surface area contributed by atoms with Crippen molar-refractivity contribution >= 4 is 18.0 Å². The van der Waals surface area contributed by atoms with E-state index in [0.717, 1.165) is 0 Å². The highest BCUT2D eigenvalue weighted by molar-refractivity contribution is 6.02. The Morgan fingerprint density at radius 3 is 2.42 bits per heavy atom. The van der Waals surface area contributed by atoms with Gasteiger partial charge in [0.2, 0.25) is 0 Å². The molecular formula is C14H12N2O3. The Morgan fingerprint density at radius 1 is 1.11 bits per heavy atom. The molecule has 5 nitrogen and oxygen atoms in total. The number of rotatable bonds is 4. The molecule has 0 radical (unpaired) electrons. The first-order valence-corrected chi connectivity index (χ1v) is 5.61. The van der Waals surface area contributed by atoms with Crippen LogP contribution in [-0.2, 0) is 4.79 Å². The van der Waals surface area contributed by atoms with Crippen LogP contribution < -0.4 is 5.32 Å². The number of aromatic nitrogens is 1. The molecule has 0 aliphatic heterocycles. The van der Waals surface area contributed by atoms with Crippen LogP contribution >= 0.6 is 0 Å². The average Bonchev–Trinajstić information content (AvgIpc) is 2.91. The summed E-state index contributed by atoms with van der Waals surface area (Å²) in [7, 11) is 0. The molecule has 0 aliphatic rings. The van der Waals surface area contributed by atoms with Crippen LogP contribution in [-0.4, -0.2) is 22.0 Å². The standard InChI is InChI=1S/C14H12N2O3/c17-13(10-5-2-1-3-6-10)16-12(14(18)19)9-11-7-4-8-15-11/h1-9,15H,(H,16,17)(H,18,19). The van der Waals surface area contributed by atoms with Crippen molar-refractivity contribution in [1.29, 1.82) is 0 Å². The number of carbonyl (C=O) groups excluding carboxylic acids is 1. The van der Waals surface area contributed by atoms with E-state index in [2.05, 4.69) is 10.3 Å². The van der Waals surface area contributed by atoms with Crippen molar-refractivity contribution < 1.29 is 14.7 Å². The molecule has 0 saturated heterocycles. The number of nitrogens with one attached hydrogen (secondary N) is 2. The fraction of sp³-hybridized carbons (Fsp3) is 0. The molecule has 3 N–H and O–H groups in total.